The van der Waals surface area contributed by atoms with Gasteiger partial charge < -0.3 is 10.0 Å². The number of fused-ring (bicyclic) bond motifs is 1. The molecule has 0 fully saturated rings. The molecule has 0 spiro atoms. The molecule has 0 radical (unpaired) electrons. The molecule has 1 heterocycles. The highest BCUT2D eigenvalue weighted by molar-refractivity contribution is 7.22. The van der Waals surface area contributed by atoms with Gasteiger partial charge in [-0.2, -0.15) is 0 Å². The molecule has 5 heteroatoms. The van der Waals surface area contributed by atoms with Crippen molar-refractivity contribution in [2.45, 2.75) is 6.54 Å². The molecule has 0 saturated heterocycles. The molecule has 2 aromatic carbocycles. The predicted molar refractivity (Wildman–Crippen MR) is 85.1 cm³/mol. The Morgan fingerprint density at radius 2 is 1.90 bits per heavy atom. The smallest absolute Gasteiger partial charge is 0.335 e. The number of aromatic carboxylic acids is 1. The number of carboxylic acids is 1. The molecule has 0 bridgehead atoms. The third kappa shape index (κ3) is 2.87. The zero-order valence-electron chi connectivity index (χ0n) is 11.5. The predicted octanol–water partition coefficient (Wildman–Crippen LogP) is 3.63. The third-order valence-electron chi connectivity index (χ3n) is 3.23. The summed E-state index contributed by atoms with van der Waals surface area (Å²) in [4.78, 5) is 17.5. The fraction of sp³-hybridized carbons (Fsp3) is 0.125. The van der Waals surface area contributed by atoms with Crippen LogP contribution in [0.25, 0.3) is 10.2 Å². The first-order chi connectivity index (χ1) is 10.1. The van der Waals surface area contributed by atoms with Crippen LogP contribution in [0, 0.1) is 0 Å². The minimum Gasteiger partial charge on any atom is -0.478 e. The van der Waals surface area contributed by atoms with Gasteiger partial charge >= 0.3 is 5.97 Å². The lowest BCUT2D eigenvalue weighted by atomic mass is 10.1. The van der Waals surface area contributed by atoms with Gasteiger partial charge in [0.15, 0.2) is 5.13 Å². The molecule has 0 aliphatic carbocycles. The highest BCUT2D eigenvalue weighted by atomic mass is 32.1. The molecule has 0 aliphatic heterocycles. The first kappa shape index (κ1) is 13.6. The van der Waals surface area contributed by atoms with E-state index in [2.05, 4.69) is 16.0 Å². The van der Waals surface area contributed by atoms with Gasteiger partial charge in [-0.25, -0.2) is 9.78 Å². The van der Waals surface area contributed by atoms with Gasteiger partial charge in [0.25, 0.3) is 0 Å². The van der Waals surface area contributed by atoms with Crippen LogP contribution in [-0.4, -0.2) is 23.1 Å². The summed E-state index contributed by atoms with van der Waals surface area (Å²) in [6.07, 6.45) is 0. The van der Waals surface area contributed by atoms with Gasteiger partial charge in [-0.05, 0) is 29.8 Å². The molecule has 1 N–H and O–H groups in total. The van der Waals surface area contributed by atoms with Crippen LogP contribution in [0.5, 0.6) is 0 Å². The Kier molecular flexibility index (Phi) is 3.58. The molecule has 0 atom stereocenters. The number of para-hydroxylation sites is 1. The van der Waals surface area contributed by atoms with Gasteiger partial charge in [0.1, 0.15) is 0 Å². The largest absolute Gasteiger partial charge is 0.478 e. The normalized spacial score (nSPS) is 10.7. The molecule has 4 nitrogen and oxygen atoms in total. The second-order valence-corrected chi connectivity index (χ2v) is 5.83. The monoisotopic (exact) mass is 298 g/mol. The number of nitrogens with zero attached hydrogens (tertiary/aromatic N) is 2. The van der Waals surface area contributed by atoms with Crippen molar-refractivity contribution < 1.29 is 9.90 Å². The maximum absolute atomic E-state index is 10.8. The van der Waals surface area contributed by atoms with E-state index in [1.54, 1.807) is 23.5 Å². The average molecular weight is 298 g/mol. The highest BCUT2D eigenvalue weighted by Gasteiger charge is 2.09. The van der Waals surface area contributed by atoms with Crippen LogP contribution < -0.4 is 4.90 Å². The van der Waals surface area contributed by atoms with Crippen molar-refractivity contribution in [1.29, 1.82) is 0 Å². The number of benzene rings is 2. The number of carboxylic acid groups (broad SMARTS) is 1. The Morgan fingerprint density at radius 1 is 1.19 bits per heavy atom. The molecule has 1 aromatic heterocycles. The molecule has 0 saturated carbocycles. The van der Waals surface area contributed by atoms with Gasteiger partial charge in [-0.1, -0.05) is 35.6 Å². The maximum atomic E-state index is 10.8. The summed E-state index contributed by atoms with van der Waals surface area (Å²) in [5, 5.41) is 9.85. The van der Waals surface area contributed by atoms with E-state index in [1.807, 2.05) is 37.4 Å². The van der Waals surface area contributed by atoms with E-state index >= 15 is 0 Å². The summed E-state index contributed by atoms with van der Waals surface area (Å²) >= 11 is 1.65. The number of aromatic nitrogens is 1. The van der Waals surface area contributed by atoms with Crippen LogP contribution in [-0.2, 0) is 6.54 Å². The molecule has 0 amide bonds. The van der Waals surface area contributed by atoms with Crippen LogP contribution in [0.2, 0.25) is 0 Å². The Bertz CT molecular complexity index is 747. The number of hydrogen-bond acceptors (Lipinski definition) is 4. The van der Waals surface area contributed by atoms with Crippen LogP contribution in [0.1, 0.15) is 15.9 Å². The van der Waals surface area contributed by atoms with Gasteiger partial charge in [-0.3, -0.25) is 0 Å². The molecule has 0 unspecified atom stereocenters. The van der Waals surface area contributed by atoms with Gasteiger partial charge in [-0.15, -0.1) is 0 Å². The summed E-state index contributed by atoms with van der Waals surface area (Å²) in [6, 6.07) is 15.0. The molecular weight excluding hydrogens is 284 g/mol. The zero-order valence-corrected chi connectivity index (χ0v) is 12.3. The van der Waals surface area contributed by atoms with Crippen LogP contribution >= 0.6 is 11.3 Å². The van der Waals surface area contributed by atoms with E-state index in [1.165, 1.54) is 4.70 Å². The lowest BCUT2D eigenvalue weighted by Crippen LogP contribution is -2.16. The number of anilines is 1. The number of hydrogen-bond donors (Lipinski definition) is 1. The average Bonchev–Trinajstić information content (AvgIpc) is 2.92. The fourth-order valence-corrected chi connectivity index (χ4v) is 3.04. The van der Waals surface area contributed by atoms with Crippen LogP contribution in [0.15, 0.2) is 48.5 Å². The van der Waals surface area contributed by atoms with Gasteiger partial charge in [0.05, 0.1) is 15.8 Å². The summed E-state index contributed by atoms with van der Waals surface area (Å²) < 4.78 is 1.17. The van der Waals surface area contributed by atoms with Gasteiger partial charge in [0.2, 0.25) is 0 Å². The molecule has 3 aromatic rings. The number of thiazole rings is 1. The standard InChI is InChI=1S/C16H14N2O2S/c1-18(10-11-6-8-12(9-7-11)15(19)20)16-17-13-4-2-3-5-14(13)21-16/h2-9H,10H2,1H3,(H,19,20). The minimum atomic E-state index is -0.902. The first-order valence-corrected chi connectivity index (χ1v) is 7.34. The Morgan fingerprint density at radius 3 is 2.57 bits per heavy atom. The van der Waals surface area contributed by atoms with E-state index in [9.17, 15) is 4.79 Å². The van der Waals surface area contributed by atoms with E-state index in [-0.39, 0.29) is 0 Å². The van der Waals surface area contributed by atoms with Crippen LogP contribution in [0.4, 0.5) is 5.13 Å². The molecular formula is C16H14N2O2S. The summed E-state index contributed by atoms with van der Waals surface area (Å²) in [7, 11) is 1.99. The fourth-order valence-electron chi connectivity index (χ4n) is 2.12. The second kappa shape index (κ2) is 5.54. The Balaban J connectivity index is 1.78. The second-order valence-electron chi connectivity index (χ2n) is 4.82. The quantitative estimate of drug-likeness (QED) is 0.799. The van der Waals surface area contributed by atoms with Crippen molar-refractivity contribution in [1.82, 2.24) is 4.98 Å². The third-order valence-corrected chi connectivity index (χ3v) is 4.38. The van der Waals surface area contributed by atoms with Crippen molar-refractivity contribution in [2.24, 2.45) is 0 Å². The number of rotatable bonds is 4. The van der Waals surface area contributed by atoms with E-state index in [0.717, 1.165) is 16.2 Å². The summed E-state index contributed by atoms with van der Waals surface area (Å²) in [5.74, 6) is -0.902. The molecule has 21 heavy (non-hydrogen) atoms. The van der Waals surface area contributed by atoms with Crippen molar-refractivity contribution >= 4 is 32.7 Å². The summed E-state index contributed by atoms with van der Waals surface area (Å²) in [5.41, 5.74) is 2.37. The van der Waals surface area contributed by atoms with E-state index in [0.29, 0.717) is 12.1 Å². The van der Waals surface area contributed by atoms with E-state index < -0.39 is 5.97 Å². The minimum absolute atomic E-state index is 0.307. The Hall–Kier alpha value is -2.40. The van der Waals surface area contributed by atoms with Crippen molar-refractivity contribution in [3.05, 3.63) is 59.7 Å². The molecule has 3 rings (SSSR count). The van der Waals surface area contributed by atoms with Crippen LogP contribution in [0.3, 0.4) is 0 Å². The lowest BCUT2D eigenvalue weighted by molar-refractivity contribution is 0.0697. The van der Waals surface area contributed by atoms with Crippen molar-refractivity contribution in [3.63, 3.8) is 0 Å². The highest BCUT2D eigenvalue weighted by Crippen LogP contribution is 2.28. The first-order valence-electron chi connectivity index (χ1n) is 6.52. The van der Waals surface area contributed by atoms with Crippen molar-refractivity contribution in [3.8, 4) is 0 Å². The zero-order chi connectivity index (χ0) is 14.8. The Labute approximate surface area is 126 Å². The van der Waals surface area contributed by atoms with Gasteiger partial charge in [0, 0.05) is 13.6 Å². The molecule has 106 valence electrons. The SMILES string of the molecule is CN(Cc1ccc(C(=O)O)cc1)c1nc2ccccc2s1. The molecule has 0 aliphatic rings. The topological polar surface area (TPSA) is 53.4 Å². The summed E-state index contributed by atoms with van der Waals surface area (Å²) in [6.45, 7) is 0.694. The maximum Gasteiger partial charge on any atom is 0.335 e. The number of carbonyl (C=O) groups is 1. The lowest BCUT2D eigenvalue weighted by Gasteiger charge is -2.15. The van der Waals surface area contributed by atoms with Crippen molar-refractivity contribution in [2.75, 3.05) is 11.9 Å². The van der Waals surface area contributed by atoms with E-state index in [4.69, 9.17) is 5.11 Å².